The number of likely N-dealkylation sites (tertiary alicyclic amines) is 1. The third kappa shape index (κ3) is 3.24. The maximum Gasteiger partial charge on any atom is 0.119 e. The summed E-state index contributed by atoms with van der Waals surface area (Å²) in [6.45, 7) is 5.52. The molecule has 1 aromatic carbocycles. The summed E-state index contributed by atoms with van der Waals surface area (Å²) in [5, 5.41) is 0. The molecule has 0 spiro atoms. The zero-order valence-electron chi connectivity index (χ0n) is 10.1. The number of hydrogen-bond acceptors (Lipinski definition) is 2. The number of ether oxygens (including phenoxy) is 1. The summed E-state index contributed by atoms with van der Waals surface area (Å²) >= 11 is 0. The van der Waals surface area contributed by atoms with Crippen molar-refractivity contribution in [1.29, 1.82) is 0 Å². The SMILES string of the molecule is C[C@@H](COc1ccccc1)N1CCCCC1. The van der Waals surface area contributed by atoms with E-state index in [-0.39, 0.29) is 0 Å². The van der Waals surface area contributed by atoms with Crippen molar-refractivity contribution in [3.63, 3.8) is 0 Å². The Bertz CT molecular complexity index is 293. The molecule has 0 aliphatic carbocycles. The molecule has 2 rings (SSSR count). The smallest absolute Gasteiger partial charge is 0.119 e. The van der Waals surface area contributed by atoms with Gasteiger partial charge in [-0.25, -0.2) is 0 Å². The summed E-state index contributed by atoms with van der Waals surface area (Å²) < 4.78 is 5.78. The Morgan fingerprint density at radius 2 is 1.81 bits per heavy atom. The number of rotatable bonds is 4. The molecule has 0 radical (unpaired) electrons. The first-order valence-electron chi connectivity index (χ1n) is 6.28. The monoisotopic (exact) mass is 219 g/mol. The van der Waals surface area contributed by atoms with E-state index in [9.17, 15) is 0 Å². The van der Waals surface area contributed by atoms with Crippen molar-refractivity contribution in [2.45, 2.75) is 32.2 Å². The average Bonchev–Trinajstić information content (AvgIpc) is 2.38. The highest BCUT2D eigenvalue weighted by atomic mass is 16.5. The van der Waals surface area contributed by atoms with Gasteiger partial charge in [0.25, 0.3) is 0 Å². The number of para-hydroxylation sites is 1. The van der Waals surface area contributed by atoms with E-state index in [4.69, 9.17) is 4.74 Å². The van der Waals surface area contributed by atoms with E-state index < -0.39 is 0 Å². The summed E-state index contributed by atoms with van der Waals surface area (Å²) in [6, 6.07) is 10.6. The van der Waals surface area contributed by atoms with E-state index in [1.165, 1.54) is 32.4 Å². The Morgan fingerprint density at radius 3 is 2.50 bits per heavy atom. The topological polar surface area (TPSA) is 12.5 Å². The van der Waals surface area contributed by atoms with Crippen molar-refractivity contribution >= 4 is 0 Å². The molecule has 0 N–H and O–H groups in total. The molecule has 88 valence electrons. The normalized spacial score (nSPS) is 19.3. The van der Waals surface area contributed by atoms with Gasteiger partial charge in [-0.2, -0.15) is 0 Å². The number of piperidine rings is 1. The molecule has 0 aromatic heterocycles. The Balaban J connectivity index is 1.76. The maximum absolute atomic E-state index is 5.78. The number of nitrogens with zero attached hydrogens (tertiary/aromatic N) is 1. The Labute approximate surface area is 98.2 Å². The predicted octanol–water partition coefficient (Wildman–Crippen LogP) is 2.94. The second-order valence-corrected chi connectivity index (χ2v) is 4.57. The Kier molecular flexibility index (Phi) is 4.23. The van der Waals surface area contributed by atoms with Crippen molar-refractivity contribution < 1.29 is 4.74 Å². The van der Waals surface area contributed by atoms with Gasteiger partial charge in [0.1, 0.15) is 12.4 Å². The molecule has 2 nitrogen and oxygen atoms in total. The first-order chi connectivity index (χ1) is 7.86. The van der Waals surface area contributed by atoms with Crippen LogP contribution in [-0.2, 0) is 0 Å². The fourth-order valence-electron chi connectivity index (χ4n) is 2.20. The highest BCUT2D eigenvalue weighted by molar-refractivity contribution is 5.20. The lowest BCUT2D eigenvalue weighted by atomic mass is 10.1. The average molecular weight is 219 g/mol. The van der Waals surface area contributed by atoms with Crippen LogP contribution in [0.15, 0.2) is 30.3 Å². The highest BCUT2D eigenvalue weighted by Crippen LogP contribution is 2.14. The van der Waals surface area contributed by atoms with E-state index in [1.807, 2.05) is 30.3 Å². The van der Waals surface area contributed by atoms with Crippen molar-refractivity contribution in [1.82, 2.24) is 4.90 Å². The van der Waals surface area contributed by atoms with Crippen LogP contribution < -0.4 is 4.74 Å². The van der Waals surface area contributed by atoms with Crippen LogP contribution in [0.1, 0.15) is 26.2 Å². The fraction of sp³-hybridized carbons (Fsp3) is 0.571. The van der Waals surface area contributed by atoms with E-state index in [0.717, 1.165) is 12.4 Å². The zero-order valence-corrected chi connectivity index (χ0v) is 10.1. The van der Waals surface area contributed by atoms with Gasteiger partial charge in [-0.3, -0.25) is 4.90 Å². The molecule has 2 heteroatoms. The molecule has 0 unspecified atom stereocenters. The van der Waals surface area contributed by atoms with Gasteiger partial charge in [0.2, 0.25) is 0 Å². The lowest BCUT2D eigenvalue weighted by molar-refractivity contribution is 0.125. The second kappa shape index (κ2) is 5.90. The van der Waals surface area contributed by atoms with Crippen LogP contribution in [-0.4, -0.2) is 30.6 Å². The van der Waals surface area contributed by atoms with Crippen LogP contribution >= 0.6 is 0 Å². The highest BCUT2D eigenvalue weighted by Gasteiger charge is 2.16. The predicted molar refractivity (Wildman–Crippen MR) is 66.8 cm³/mol. The van der Waals surface area contributed by atoms with Gasteiger partial charge >= 0.3 is 0 Å². The lowest BCUT2D eigenvalue weighted by Crippen LogP contribution is -2.40. The molecule has 0 bridgehead atoms. The summed E-state index contributed by atoms with van der Waals surface area (Å²) in [5.74, 6) is 0.978. The van der Waals surface area contributed by atoms with Gasteiger partial charge in [0.15, 0.2) is 0 Å². The molecular formula is C14H21NO. The molecule has 1 heterocycles. The minimum atomic E-state index is 0.528. The first kappa shape index (κ1) is 11.5. The molecule has 1 fully saturated rings. The molecule has 1 saturated heterocycles. The standard InChI is InChI=1S/C14H21NO/c1-13(15-10-6-3-7-11-15)12-16-14-8-4-2-5-9-14/h2,4-5,8-9,13H,3,6-7,10-12H2,1H3/t13-/m0/s1. The van der Waals surface area contributed by atoms with Crippen LogP contribution in [0.3, 0.4) is 0 Å². The van der Waals surface area contributed by atoms with Crippen molar-refractivity contribution in [3.05, 3.63) is 30.3 Å². The minimum Gasteiger partial charge on any atom is -0.492 e. The van der Waals surface area contributed by atoms with Gasteiger partial charge in [0.05, 0.1) is 0 Å². The van der Waals surface area contributed by atoms with Gasteiger partial charge in [-0.05, 0) is 45.0 Å². The quantitative estimate of drug-likeness (QED) is 0.772. The van der Waals surface area contributed by atoms with Crippen LogP contribution in [0.2, 0.25) is 0 Å². The Morgan fingerprint density at radius 1 is 1.12 bits per heavy atom. The molecule has 1 aliphatic heterocycles. The number of benzene rings is 1. The lowest BCUT2D eigenvalue weighted by Gasteiger charge is -2.32. The first-order valence-corrected chi connectivity index (χ1v) is 6.28. The third-order valence-electron chi connectivity index (χ3n) is 3.25. The molecule has 1 aromatic rings. The van der Waals surface area contributed by atoms with E-state index in [1.54, 1.807) is 0 Å². The summed E-state index contributed by atoms with van der Waals surface area (Å²) in [4.78, 5) is 2.53. The van der Waals surface area contributed by atoms with Crippen molar-refractivity contribution in [2.24, 2.45) is 0 Å². The van der Waals surface area contributed by atoms with E-state index in [0.29, 0.717) is 6.04 Å². The Hall–Kier alpha value is -1.02. The van der Waals surface area contributed by atoms with Gasteiger partial charge < -0.3 is 4.74 Å². The molecule has 1 atom stereocenters. The molecule has 16 heavy (non-hydrogen) atoms. The second-order valence-electron chi connectivity index (χ2n) is 4.57. The van der Waals surface area contributed by atoms with Crippen LogP contribution in [0.4, 0.5) is 0 Å². The van der Waals surface area contributed by atoms with Gasteiger partial charge in [-0.1, -0.05) is 24.6 Å². The fourth-order valence-corrected chi connectivity index (χ4v) is 2.20. The minimum absolute atomic E-state index is 0.528. The van der Waals surface area contributed by atoms with E-state index >= 15 is 0 Å². The molecule has 0 saturated carbocycles. The molecule has 1 aliphatic rings. The molecule has 0 amide bonds. The molecular weight excluding hydrogens is 198 g/mol. The summed E-state index contributed by atoms with van der Waals surface area (Å²) in [7, 11) is 0. The summed E-state index contributed by atoms with van der Waals surface area (Å²) in [5.41, 5.74) is 0. The summed E-state index contributed by atoms with van der Waals surface area (Å²) in [6.07, 6.45) is 4.08. The third-order valence-corrected chi connectivity index (χ3v) is 3.25. The van der Waals surface area contributed by atoms with Crippen LogP contribution in [0.25, 0.3) is 0 Å². The zero-order chi connectivity index (χ0) is 11.2. The van der Waals surface area contributed by atoms with Crippen molar-refractivity contribution in [2.75, 3.05) is 19.7 Å². The number of hydrogen-bond donors (Lipinski definition) is 0. The van der Waals surface area contributed by atoms with Gasteiger partial charge in [0, 0.05) is 6.04 Å². The van der Waals surface area contributed by atoms with Gasteiger partial charge in [-0.15, -0.1) is 0 Å². The van der Waals surface area contributed by atoms with Crippen LogP contribution in [0.5, 0.6) is 5.75 Å². The van der Waals surface area contributed by atoms with E-state index in [2.05, 4.69) is 11.8 Å². The largest absolute Gasteiger partial charge is 0.492 e. The maximum atomic E-state index is 5.78. The van der Waals surface area contributed by atoms with Crippen LogP contribution in [0, 0.1) is 0 Å². The van der Waals surface area contributed by atoms with Crippen molar-refractivity contribution in [3.8, 4) is 5.75 Å².